The zero-order valence-electron chi connectivity index (χ0n) is 14.4. The Kier molecular flexibility index (Phi) is 5.56. The van der Waals surface area contributed by atoms with Crippen molar-refractivity contribution in [3.05, 3.63) is 71.4 Å². The van der Waals surface area contributed by atoms with Gasteiger partial charge in [0.15, 0.2) is 0 Å². The largest absolute Gasteiger partial charge is 0.336 e. The molecule has 0 N–H and O–H groups in total. The summed E-state index contributed by atoms with van der Waals surface area (Å²) in [5.74, 6) is 0.0942. The van der Waals surface area contributed by atoms with Gasteiger partial charge in [-0.25, -0.2) is 4.98 Å². The van der Waals surface area contributed by atoms with E-state index in [1.165, 1.54) is 11.3 Å². The molecule has 0 spiro atoms. The molecule has 2 aromatic heterocycles. The van der Waals surface area contributed by atoms with Crippen molar-refractivity contribution in [2.75, 3.05) is 0 Å². The summed E-state index contributed by atoms with van der Waals surface area (Å²) in [6.45, 7) is 4.71. The van der Waals surface area contributed by atoms with Gasteiger partial charge in [0.25, 0.3) is 0 Å². The zero-order chi connectivity index (χ0) is 17.6. The van der Waals surface area contributed by atoms with Crippen molar-refractivity contribution >= 4 is 17.2 Å². The van der Waals surface area contributed by atoms with Crippen LogP contribution in [0.1, 0.15) is 25.1 Å². The van der Waals surface area contributed by atoms with Crippen LogP contribution in [0.5, 0.6) is 0 Å². The SMILES string of the molecule is CC(C)N(Cc1ccccc1)C(=O)Cc1csc(-c2ccccn2)n1. The van der Waals surface area contributed by atoms with Crippen LogP contribution in [0, 0.1) is 0 Å². The van der Waals surface area contributed by atoms with Gasteiger partial charge in [0.2, 0.25) is 5.91 Å². The molecule has 0 saturated heterocycles. The van der Waals surface area contributed by atoms with Gasteiger partial charge in [-0.1, -0.05) is 36.4 Å². The molecular weight excluding hydrogens is 330 g/mol. The number of carbonyl (C=O) groups excluding carboxylic acids is 1. The van der Waals surface area contributed by atoms with E-state index >= 15 is 0 Å². The van der Waals surface area contributed by atoms with Crippen LogP contribution >= 0.6 is 11.3 Å². The third-order valence-electron chi connectivity index (χ3n) is 3.91. The van der Waals surface area contributed by atoms with Gasteiger partial charge in [0, 0.05) is 24.2 Å². The van der Waals surface area contributed by atoms with E-state index in [9.17, 15) is 4.79 Å². The maximum atomic E-state index is 12.8. The first kappa shape index (κ1) is 17.3. The minimum atomic E-state index is 0.0942. The van der Waals surface area contributed by atoms with Crippen molar-refractivity contribution in [2.45, 2.75) is 32.9 Å². The fraction of sp³-hybridized carbons (Fsp3) is 0.250. The molecule has 5 heteroatoms. The lowest BCUT2D eigenvalue weighted by molar-refractivity contribution is -0.132. The molecule has 0 aliphatic heterocycles. The van der Waals surface area contributed by atoms with Gasteiger partial charge in [0.05, 0.1) is 17.8 Å². The molecule has 1 amide bonds. The van der Waals surface area contributed by atoms with Crippen molar-refractivity contribution < 1.29 is 4.79 Å². The fourth-order valence-corrected chi connectivity index (χ4v) is 3.39. The Balaban J connectivity index is 1.70. The van der Waals surface area contributed by atoms with E-state index in [2.05, 4.69) is 9.97 Å². The molecule has 3 aromatic rings. The van der Waals surface area contributed by atoms with Crippen molar-refractivity contribution in [1.29, 1.82) is 0 Å². The molecule has 3 rings (SSSR count). The van der Waals surface area contributed by atoms with Gasteiger partial charge in [-0.3, -0.25) is 9.78 Å². The lowest BCUT2D eigenvalue weighted by Gasteiger charge is -2.26. The Morgan fingerprint density at radius 3 is 2.56 bits per heavy atom. The second-order valence-electron chi connectivity index (χ2n) is 6.14. The minimum Gasteiger partial charge on any atom is -0.336 e. The number of hydrogen-bond acceptors (Lipinski definition) is 4. The lowest BCUT2D eigenvalue weighted by Crippen LogP contribution is -2.37. The number of nitrogens with zero attached hydrogens (tertiary/aromatic N) is 3. The third-order valence-corrected chi connectivity index (χ3v) is 4.82. The van der Waals surface area contributed by atoms with Crippen LogP contribution in [0.3, 0.4) is 0 Å². The average Bonchev–Trinajstić information content (AvgIpc) is 3.09. The summed E-state index contributed by atoms with van der Waals surface area (Å²) in [4.78, 5) is 23.6. The van der Waals surface area contributed by atoms with Gasteiger partial charge in [-0.15, -0.1) is 11.3 Å². The fourth-order valence-electron chi connectivity index (χ4n) is 2.59. The predicted octanol–water partition coefficient (Wildman–Crippen LogP) is 4.18. The molecule has 2 heterocycles. The zero-order valence-corrected chi connectivity index (χ0v) is 15.2. The van der Waals surface area contributed by atoms with Crippen molar-refractivity contribution in [1.82, 2.24) is 14.9 Å². The first-order chi connectivity index (χ1) is 12.1. The van der Waals surface area contributed by atoms with E-state index in [1.54, 1.807) is 6.20 Å². The molecule has 0 radical (unpaired) electrons. The normalized spacial score (nSPS) is 10.8. The molecule has 25 heavy (non-hydrogen) atoms. The van der Waals surface area contributed by atoms with Crippen molar-refractivity contribution in [2.24, 2.45) is 0 Å². The van der Waals surface area contributed by atoms with Crippen LogP contribution in [-0.2, 0) is 17.8 Å². The molecule has 0 saturated carbocycles. The van der Waals surface area contributed by atoms with Gasteiger partial charge < -0.3 is 4.90 Å². The molecule has 0 bridgehead atoms. The number of thiazole rings is 1. The molecule has 128 valence electrons. The highest BCUT2D eigenvalue weighted by Gasteiger charge is 2.19. The Morgan fingerprint density at radius 2 is 1.88 bits per heavy atom. The van der Waals surface area contributed by atoms with E-state index in [0.29, 0.717) is 13.0 Å². The second-order valence-corrected chi connectivity index (χ2v) is 6.99. The van der Waals surface area contributed by atoms with E-state index in [0.717, 1.165) is 22.0 Å². The molecule has 1 aromatic carbocycles. The number of aromatic nitrogens is 2. The summed E-state index contributed by atoms with van der Waals surface area (Å²) in [7, 11) is 0. The van der Waals surface area contributed by atoms with Gasteiger partial charge in [0.1, 0.15) is 5.01 Å². The smallest absolute Gasteiger partial charge is 0.229 e. The summed E-state index contributed by atoms with van der Waals surface area (Å²) in [6.07, 6.45) is 2.07. The molecular formula is C20H21N3OS. The highest BCUT2D eigenvalue weighted by atomic mass is 32.1. The van der Waals surface area contributed by atoms with E-state index in [1.807, 2.05) is 72.7 Å². The highest BCUT2D eigenvalue weighted by molar-refractivity contribution is 7.13. The lowest BCUT2D eigenvalue weighted by atomic mass is 10.1. The van der Waals surface area contributed by atoms with Crippen LogP contribution in [0.15, 0.2) is 60.1 Å². The molecule has 0 aliphatic carbocycles. The minimum absolute atomic E-state index is 0.0942. The van der Waals surface area contributed by atoms with Crippen molar-refractivity contribution in [3.63, 3.8) is 0 Å². The number of pyridine rings is 1. The third kappa shape index (κ3) is 4.51. The molecule has 0 aliphatic rings. The molecule has 0 atom stereocenters. The molecule has 0 unspecified atom stereocenters. The predicted molar refractivity (Wildman–Crippen MR) is 101 cm³/mol. The van der Waals surface area contributed by atoms with E-state index < -0.39 is 0 Å². The topological polar surface area (TPSA) is 46.1 Å². The number of hydrogen-bond donors (Lipinski definition) is 0. The van der Waals surface area contributed by atoms with Crippen LogP contribution in [0.2, 0.25) is 0 Å². The van der Waals surface area contributed by atoms with Gasteiger partial charge >= 0.3 is 0 Å². The maximum Gasteiger partial charge on any atom is 0.229 e. The first-order valence-electron chi connectivity index (χ1n) is 8.32. The standard InChI is InChI=1S/C20H21N3OS/c1-15(2)23(13-16-8-4-3-5-9-16)19(24)12-17-14-25-20(22-17)18-10-6-7-11-21-18/h3-11,14-15H,12-13H2,1-2H3. The van der Waals surface area contributed by atoms with Gasteiger partial charge in [-0.2, -0.15) is 0 Å². The Labute approximate surface area is 152 Å². The summed E-state index contributed by atoms with van der Waals surface area (Å²) < 4.78 is 0. The van der Waals surface area contributed by atoms with Crippen LogP contribution in [0.4, 0.5) is 0 Å². The number of carbonyl (C=O) groups is 1. The van der Waals surface area contributed by atoms with Gasteiger partial charge in [-0.05, 0) is 31.5 Å². The van der Waals surface area contributed by atoms with Crippen LogP contribution in [0.25, 0.3) is 10.7 Å². The van der Waals surface area contributed by atoms with Crippen LogP contribution in [-0.4, -0.2) is 26.8 Å². The van der Waals surface area contributed by atoms with E-state index in [-0.39, 0.29) is 11.9 Å². The summed E-state index contributed by atoms with van der Waals surface area (Å²) in [5.41, 5.74) is 2.78. The Morgan fingerprint density at radius 1 is 1.12 bits per heavy atom. The monoisotopic (exact) mass is 351 g/mol. The van der Waals surface area contributed by atoms with E-state index in [4.69, 9.17) is 0 Å². The quantitative estimate of drug-likeness (QED) is 0.669. The second kappa shape index (κ2) is 8.03. The number of benzene rings is 1. The number of rotatable bonds is 6. The number of amides is 1. The van der Waals surface area contributed by atoms with Crippen LogP contribution < -0.4 is 0 Å². The summed E-state index contributed by atoms with van der Waals surface area (Å²) in [6, 6.07) is 16.0. The average molecular weight is 351 g/mol. The summed E-state index contributed by atoms with van der Waals surface area (Å²) in [5, 5.41) is 2.80. The maximum absolute atomic E-state index is 12.8. The Hall–Kier alpha value is -2.53. The highest BCUT2D eigenvalue weighted by Crippen LogP contribution is 2.22. The molecule has 0 fully saturated rings. The van der Waals surface area contributed by atoms with Crippen molar-refractivity contribution in [3.8, 4) is 10.7 Å². The first-order valence-corrected chi connectivity index (χ1v) is 9.20. The molecule has 4 nitrogen and oxygen atoms in total. The summed E-state index contributed by atoms with van der Waals surface area (Å²) >= 11 is 1.52. The Bertz CT molecular complexity index is 815.